The van der Waals surface area contributed by atoms with Crippen LogP contribution >= 0.6 is 0 Å². The Kier molecular flexibility index (Phi) is 5.26. The predicted molar refractivity (Wildman–Crippen MR) is 91.8 cm³/mol. The summed E-state index contributed by atoms with van der Waals surface area (Å²) in [6, 6.07) is 10.3. The lowest BCUT2D eigenvalue weighted by Gasteiger charge is -2.09. The van der Waals surface area contributed by atoms with Crippen LogP contribution in [-0.4, -0.2) is 18.0 Å². The number of halogens is 2. The molecule has 1 aromatic heterocycles. The highest BCUT2D eigenvalue weighted by Gasteiger charge is 2.13. The lowest BCUT2D eigenvalue weighted by atomic mass is 10.2. The number of hydrogen-bond acceptors (Lipinski definition) is 4. The maximum absolute atomic E-state index is 13.8. The highest BCUT2D eigenvalue weighted by Crippen LogP contribution is 2.25. The van der Waals surface area contributed by atoms with Gasteiger partial charge < -0.3 is 14.5 Å². The van der Waals surface area contributed by atoms with Crippen LogP contribution < -0.4 is 10.1 Å². The van der Waals surface area contributed by atoms with Gasteiger partial charge in [0, 0.05) is 18.9 Å². The predicted octanol–water partition coefficient (Wildman–Crippen LogP) is 4.20. The Morgan fingerprint density at radius 3 is 2.81 bits per heavy atom. The molecule has 134 valence electrons. The first-order valence-electron chi connectivity index (χ1n) is 7.90. The van der Waals surface area contributed by atoms with Gasteiger partial charge in [0.2, 0.25) is 5.91 Å². The van der Waals surface area contributed by atoms with E-state index in [0.717, 1.165) is 12.1 Å². The molecule has 0 atom stereocenters. The third-order valence-electron chi connectivity index (χ3n) is 3.70. The van der Waals surface area contributed by atoms with Crippen molar-refractivity contribution in [3.63, 3.8) is 0 Å². The zero-order chi connectivity index (χ0) is 18.5. The van der Waals surface area contributed by atoms with Gasteiger partial charge in [-0.1, -0.05) is 12.1 Å². The molecule has 0 radical (unpaired) electrons. The van der Waals surface area contributed by atoms with Crippen LogP contribution in [-0.2, 0) is 11.2 Å². The number of rotatable bonds is 6. The minimum absolute atomic E-state index is 0.114. The number of carbonyl (C=O) groups excluding carboxylic acids is 1. The Morgan fingerprint density at radius 1 is 1.23 bits per heavy atom. The van der Waals surface area contributed by atoms with Crippen LogP contribution in [0.1, 0.15) is 12.3 Å². The van der Waals surface area contributed by atoms with Gasteiger partial charge in [0.05, 0.1) is 24.6 Å². The van der Waals surface area contributed by atoms with E-state index in [-0.39, 0.29) is 30.1 Å². The second-order valence-electron chi connectivity index (χ2n) is 5.49. The molecule has 0 bridgehead atoms. The summed E-state index contributed by atoms with van der Waals surface area (Å²) in [5.74, 6) is -0.601. The number of amides is 1. The SMILES string of the molecule is COc1ccccc1NC(=O)CCc1ncc(-c2ccc(F)cc2F)o1. The Hall–Kier alpha value is -3.22. The average molecular weight is 358 g/mol. The monoisotopic (exact) mass is 358 g/mol. The van der Waals surface area contributed by atoms with Crippen molar-refractivity contribution < 1.29 is 22.7 Å². The van der Waals surface area contributed by atoms with Crippen molar-refractivity contribution in [3.8, 4) is 17.1 Å². The molecule has 0 unspecified atom stereocenters. The van der Waals surface area contributed by atoms with Gasteiger partial charge in [0.1, 0.15) is 17.4 Å². The van der Waals surface area contributed by atoms with Crippen molar-refractivity contribution in [1.82, 2.24) is 4.98 Å². The van der Waals surface area contributed by atoms with Crippen molar-refractivity contribution in [1.29, 1.82) is 0 Å². The molecule has 1 N–H and O–H groups in total. The lowest BCUT2D eigenvalue weighted by Crippen LogP contribution is -2.13. The molecule has 2 aromatic carbocycles. The molecule has 0 aliphatic heterocycles. The van der Waals surface area contributed by atoms with Gasteiger partial charge in [0.25, 0.3) is 0 Å². The molecule has 3 rings (SSSR count). The second kappa shape index (κ2) is 7.77. The number of methoxy groups -OCH3 is 1. The van der Waals surface area contributed by atoms with Crippen LogP contribution in [0.25, 0.3) is 11.3 Å². The molecule has 7 heteroatoms. The van der Waals surface area contributed by atoms with E-state index >= 15 is 0 Å². The van der Waals surface area contributed by atoms with Gasteiger partial charge >= 0.3 is 0 Å². The number of carbonyl (C=O) groups is 1. The number of aromatic nitrogens is 1. The molecule has 0 fully saturated rings. The number of hydrogen-bond donors (Lipinski definition) is 1. The van der Waals surface area contributed by atoms with Crippen LogP contribution in [0.3, 0.4) is 0 Å². The number of para-hydroxylation sites is 2. The van der Waals surface area contributed by atoms with Crippen molar-refractivity contribution in [3.05, 3.63) is 66.2 Å². The highest BCUT2D eigenvalue weighted by molar-refractivity contribution is 5.92. The fraction of sp³-hybridized carbons (Fsp3) is 0.158. The molecule has 0 aliphatic rings. The number of anilines is 1. The average Bonchev–Trinajstić information content (AvgIpc) is 3.09. The zero-order valence-corrected chi connectivity index (χ0v) is 14.0. The summed E-state index contributed by atoms with van der Waals surface area (Å²) in [6.07, 6.45) is 1.72. The Balaban J connectivity index is 1.62. The van der Waals surface area contributed by atoms with E-state index in [0.29, 0.717) is 17.3 Å². The van der Waals surface area contributed by atoms with E-state index in [4.69, 9.17) is 9.15 Å². The first-order chi connectivity index (χ1) is 12.6. The Bertz CT molecular complexity index is 925. The van der Waals surface area contributed by atoms with Crippen molar-refractivity contribution in [2.75, 3.05) is 12.4 Å². The molecule has 3 aromatic rings. The fourth-order valence-corrected chi connectivity index (χ4v) is 2.42. The van der Waals surface area contributed by atoms with E-state index in [1.807, 2.05) is 0 Å². The molecule has 26 heavy (non-hydrogen) atoms. The summed E-state index contributed by atoms with van der Waals surface area (Å²) in [7, 11) is 1.52. The molecule has 0 aliphatic carbocycles. The van der Waals surface area contributed by atoms with Gasteiger partial charge in [-0.25, -0.2) is 13.8 Å². The summed E-state index contributed by atoms with van der Waals surface area (Å²) < 4.78 is 37.4. The van der Waals surface area contributed by atoms with Gasteiger partial charge in [-0.2, -0.15) is 0 Å². The van der Waals surface area contributed by atoms with Crippen molar-refractivity contribution >= 4 is 11.6 Å². The van der Waals surface area contributed by atoms with E-state index in [1.165, 1.54) is 19.4 Å². The summed E-state index contributed by atoms with van der Waals surface area (Å²) in [4.78, 5) is 16.1. The maximum Gasteiger partial charge on any atom is 0.224 e. The second-order valence-corrected chi connectivity index (χ2v) is 5.49. The fourth-order valence-electron chi connectivity index (χ4n) is 2.42. The number of aryl methyl sites for hydroxylation is 1. The lowest BCUT2D eigenvalue weighted by molar-refractivity contribution is -0.116. The number of ether oxygens (including phenoxy) is 1. The Labute approximate surface area is 148 Å². The minimum Gasteiger partial charge on any atom is -0.495 e. The molecule has 1 heterocycles. The first-order valence-corrected chi connectivity index (χ1v) is 7.90. The highest BCUT2D eigenvalue weighted by atomic mass is 19.1. The van der Waals surface area contributed by atoms with E-state index in [2.05, 4.69) is 10.3 Å². The van der Waals surface area contributed by atoms with Crippen LogP contribution in [0.4, 0.5) is 14.5 Å². The third kappa shape index (κ3) is 4.05. The van der Waals surface area contributed by atoms with Crippen LogP contribution in [0.5, 0.6) is 5.75 Å². The van der Waals surface area contributed by atoms with Crippen LogP contribution in [0.2, 0.25) is 0 Å². The molecule has 5 nitrogen and oxygen atoms in total. The standard InChI is InChI=1S/C19H16F2N2O3/c1-25-16-5-3-2-4-15(16)23-18(24)8-9-19-22-11-17(26-19)13-7-6-12(20)10-14(13)21/h2-7,10-11H,8-9H2,1H3,(H,23,24). The quantitative estimate of drug-likeness (QED) is 0.717. The van der Waals surface area contributed by atoms with E-state index in [1.54, 1.807) is 24.3 Å². The summed E-state index contributed by atoms with van der Waals surface area (Å²) in [5.41, 5.74) is 0.685. The summed E-state index contributed by atoms with van der Waals surface area (Å²) in [6.45, 7) is 0. The van der Waals surface area contributed by atoms with Crippen LogP contribution in [0, 0.1) is 11.6 Å². The smallest absolute Gasteiger partial charge is 0.224 e. The number of nitrogens with zero attached hydrogens (tertiary/aromatic N) is 1. The number of benzene rings is 2. The van der Waals surface area contributed by atoms with Crippen molar-refractivity contribution in [2.24, 2.45) is 0 Å². The van der Waals surface area contributed by atoms with Crippen LogP contribution in [0.15, 0.2) is 53.1 Å². The van der Waals surface area contributed by atoms with Gasteiger partial charge in [-0.05, 0) is 24.3 Å². The van der Waals surface area contributed by atoms with Crippen molar-refractivity contribution in [2.45, 2.75) is 12.8 Å². The summed E-state index contributed by atoms with van der Waals surface area (Å²) in [5, 5.41) is 2.75. The number of nitrogens with one attached hydrogen (secondary N) is 1. The molecule has 1 amide bonds. The van der Waals surface area contributed by atoms with E-state index in [9.17, 15) is 13.6 Å². The molecule has 0 saturated carbocycles. The zero-order valence-electron chi connectivity index (χ0n) is 14.0. The largest absolute Gasteiger partial charge is 0.495 e. The van der Waals surface area contributed by atoms with Gasteiger partial charge in [-0.15, -0.1) is 0 Å². The molecular formula is C19H16F2N2O3. The Morgan fingerprint density at radius 2 is 2.04 bits per heavy atom. The molecular weight excluding hydrogens is 342 g/mol. The first kappa shape index (κ1) is 17.6. The summed E-state index contributed by atoms with van der Waals surface area (Å²) >= 11 is 0. The third-order valence-corrected chi connectivity index (χ3v) is 3.70. The number of oxazole rings is 1. The van der Waals surface area contributed by atoms with E-state index < -0.39 is 11.6 Å². The maximum atomic E-state index is 13.8. The molecule has 0 saturated heterocycles. The molecule has 0 spiro atoms. The van der Waals surface area contributed by atoms with Gasteiger partial charge in [0.15, 0.2) is 11.7 Å². The normalized spacial score (nSPS) is 10.6. The van der Waals surface area contributed by atoms with Gasteiger partial charge in [-0.3, -0.25) is 4.79 Å². The topological polar surface area (TPSA) is 64.4 Å². The minimum atomic E-state index is -0.735.